The molecule has 1 rings (SSSR count). The average molecular weight is 317 g/mol. The Hall–Kier alpha value is -1.34. The second-order valence-electron chi connectivity index (χ2n) is 5.99. The highest BCUT2D eigenvalue weighted by Gasteiger charge is 2.40. The number of alkyl carbamates (subject to hydrolysis) is 1. The van der Waals surface area contributed by atoms with Crippen molar-refractivity contribution in [3.05, 3.63) is 24.3 Å². The van der Waals surface area contributed by atoms with Gasteiger partial charge in [0.05, 0.1) is 11.8 Å². The number of hydrogen-bond acceptors (Lipinski definition) is 5. The maximum atomic E-state index is 12.0. The molecular weight excluding hydrogens is 294 g/mol. The predicted molar refractivity (Wildman–Crippen MR) is 80.4 cm³/mol. The minimum atomic E-state index is -3.65. The van der Waals surface area contributed by atoms with Crippen LogP contribution in [0.4, 0.5) is 4.79 Å². The molecule has 120 valence electrons. The third-order valence-electron chi connectivity index (χ3n) is 2.90. The summed E-state index contributed by atoms with van der Waals surface area (Å²) < 4.78 is 33.1. The minimum Gasteiger partial charge on any atom is -0.444 e. The van der Waals surface area contributed by atoms with E-state index in [1.54, 1.807) is 45.1 Å². The van der Waals surface area contributed by atoms with E-state index in [-0.39, 0.29) is 0 Å². The van der Waals surface area contributed by atoms with E-state index in [0.717, 1.165) is 6.26 Å². The Morgan fingerprint density at radius 2 is 1.95 bits per heavy atom. The molecule has 0 aromatic heterocycles. The Kier molecular flexibility index (Phi) is 5.22. The summed E-state index contributed by atoms with van der Waals surface area (Å²) in [5, 5.41) is 2.72. The molecule has 1 amide bonds. The number of nitrogens with one attached hydrogen (secondary N) is 1. The Morgan fingerprint density at radius 3 is 2.43 bits per heavy atom. The average Bonchev–Trinajstić information content (AvgIpc) is 2.27. The first kappa shape index (κ1) is 17.7. The third-order valence-corrected chi connectivity index (χ3v) is 3.45. The molecule has 7 heteroatoms. The van der Waals surface area contributed by atoms with Crippen LogP contribution in [-0.2, 0) is 19.0 Å². The van der Waals surface area contributed by atoms with E-state index in [1.165, 1.54) is 0 Å². The van der Waals surface area contributed by atoms with Crippen LogP contribution in [0, 0.1) is 0 Å². The van der Waals surface area contributed by atoms with E-state index in [2.05, 4.69) is 5.32 Å². The SMILES string of the molecule is CC[C@@]1(NC(=O)OC(C)(C)C)C=CC=CC1OS(C)(=O)=O. The fourth-order valence-corrected chi connectivity index (χ4v) is 2.59. The largest absolute Gasteiger partial charge is 0.444 e. The summed E-state index contributed by atoms with van der Waals surface area (Å²) in [6.45, 7) is 7.10. The first-order valence-corrected chi connectivity index (χ1v) is 8.54. The van der Waals surface area contributed by atoms with E-state index in [1.807, 2.05) is 6.92 Å². The van der Waals surface area contributed by atoms with Crippen LogP contribution in [0.25, 0.3) is 0 Å². The molecule has 0 fully saturated rings. The van der Waals surface area contributed by atoms with Crippen molar-refractivity contribution in [2.75, 3.05) is 6.26 Å². The van der Waals surface area contributed by atoms with Crippen LogP contribution in [0.1, 0.15) is 34.1 Å². The molecule has 1 aliphatic carbocycles. The first-order valence-electron chi connectivity index (χ1n) is 6.73. The fourth-order valence-electron chi connectivity index (χ4n) is 1.98. The van der Waals surface area contributed by atoms with Crippen LogP contribution in [0.5, 0.6) is 0 Å². The lowest BCUT2D eigenvalue weighted by Crippen LogP contribution is -2.57. The van der Waals surface area contributed by atoms with Gasteiger partial charge < -0.3 is 10.1 Å². The molecule has 1 aliphatic rings. The first-order chi connectivity index (χ1) is 9.47. The van der Waals surface area contributed by atoms with Gasteiger partial charge >= 0.3 is 6.09 Å². The maximum absolute atomic E-state index is 12.0. The van der Waals surface area contributed by atoms with Gasteiger partial charge in [-0.2, -0.15) is 8.42 Å². The highest BCUT2D eigenvalue weighted by atomic mass is 32.2. The number of carbonyl (C=O) groups excluding carboxylic acids is 1. The van der Waals surface area contributed by atoms with Gasteiger partial charge in [0.1, 0.15) is 11.7 Å². The Labute approximate surface area is 126 Å². The van der Waals surface area contributed by atoms with Crippen molar-refractivity contribution in [1.29, 1.82) is 0 Å². The third kappa shape index (κ3) is 5.51. The molecule has 1 unspecified atom stereocenters. The number of amides is 1. The lowest BCUT2D eigenvalue weighted by Gasteiger charge is -2.37. The van der Waals surface area contributed by atoms with Gasteiger partial charge in [-0.05, 0) is 27.2 Å². The smallest absolute Gasteiger partial charge is 0.408 e. The van der Waals surface area contributed by atoms with Gasteiger partial charge in [-0.1, -0.05) is 31.2 Å². The van der Waals surface area contributed by atoms with Gasteiger partial charge in [-0.3, -0.25) is 4.18 Å². The van der Waals surface area contributed by atoms with Gasteiger partial charge in [0.25, 0.3) is 10.1 Å². The molecule has 1 N–H and O–H groups in total. The molecule has 2 atom stereocenters. The number of ether oxygens (including phenoxy) is 1. The lowest BCUT2D eigenvalue weighted by atomic mass is 9.86. The second-order valence-corrected chi connectivity index (χ2v) is 7.59. The summed E-state index contributed by atoms with van der Waals surface area (Å²) in [5.41, 5.74) is -1.60. The van der Waals surface area contributed by atoms with E-state index >= 15 is 0 Å². The molecule has 0 saturated heterocycles. The van der Waals surface area contributed by atoms with Crippen LogP contribution in [0.2, 0.25) is 0 Å². The van der Waals surface area contributed by atoms with E-state index < -0.39 is 33.5 Å². The van der Waals surface area contributed by atoms with Gasteiger partial charge in [0.2, 0.25) is 0 Å². The monoisotopic (exact) mass is 317 g/mol. The molecule has 0 aromatic rings. The summed E-state index contributed by atoms with van der Waals surface area (Å²) in [7, 11) is -3.65. The molecule has 6 nitrogen and oxygen atoms in total. The van der Waals surface area contributed by atoms with Gasteiger partial charge in [-0.15, -0.1) is 0 Å². The van der Waals surface area contributed by atoms with Crippen molar-refractivity contribution in [1.82, 2.24) is 5.32 Å². The lowest BCUT2D eigenvalue weighted by molar-refractivity contribution is 0.0405. The molecule has 0 spiro atoms. The molecule has 0 radical (unpaired) electrons. The molecule has 0 bridgehead atoms. The van der Waals surface area contributed by atoms with Crippen molar-refractivity contribution >= 4 is 16.2 Å². The van der Waals surface area contributed by atoms with Crippen molar-refractivity contribution in [3.63, 3.8) is 0 Å². The molecule has 0 aromatic carbocycles. The molecule has 0 aliphatic heterocycles. The highest BCUT2D eigenvalue weighted by molar-refractivity contribution is 7.86. The minimum absolute atomic E-state index is 0.452. The summed E-state index contributed by atoms with van der Waals surface area (Å²) in [6.07, 6.45) is 6.74. The van der Waals surface area contributed by atoms with Crippen molar-refractivity contribution in [2.45, 2.75) is 51.4 Å². The van der Waals surface area contributed by atoms with Crippen molar-refractivity contribution in [3.8, 4) is 0 Å². The second kappa shape index (κ2) is 6.19. The quantitative estimate of drug-likeness (QED) is 0.803. The standard InChI is InChI=1S/C14H23NO5S/c1-6-14(15-12(16)19-13(2,3)4)10-8-7-9-11(14)20-21(5,17)18/h7-11H,6H2,1-5H3,(H,15,16)/t11?,14-/m1/s1. The maximum Gasteiger partial charge on any atom is 0.408 e. The van der Waals surface area contributed by atoms with Crippen LogP contribution in [0.3, 0.4) is 0 Å². The zero-order valence-corrected chi connectivity index (χ0v) is 13.9. The van der Waals surface area contributed by atoms with Crippen LogP contribution in [0.15, 0.2) is 24.3 Å². The Balaban J connectivity index is 2.97. The number of rotatable bonds is 4. The summed E-state index contributed by atoms with van der Waals surface area (Å²) in [6, 6.07) is 0. The number of carbonyl (C=O) groups is 1. The van der Waals surface area contributed by atoms with Crippen LogP contribution < -0.4 is 5.32 Å². The number of hydrogen-bond donors (Lipinski definition) is 1. The summed E-state index contributed by atoms with van der Waals surface area (Å²) in [5.74, 6) is 0. The molecule has 21 heavy (non-hydrogen) atoms. The highest BCUT2D eigenvalue weighted by Crippen LogP contribution is 2.26. The topological polar surface area (TPSA) is 81.7 Å². The summed E-state index contributed by atoms with van der Waals surface area (Å²) in [4.78, 5) is 12.0. The van der Waals surface area contributed by atoms with E-state index in [9.17, 15) is 13.2 Å². The zero-order chi connectivity index (χ0) is 16.3. The predicted octanol–water partition coefficient (Wildman–Crippen LogP) is 2.13. The van der Waals surface area contributed by atoms with E-state index in [4.69, 9.17) is 8.92 Å². The normalized spacial score (nSPS) is 25.7. The Morgan fingerprint density at radius 1 is 1.33 bits per heavy atom. The number of allylic oxidation sites excluding steroid dienone is 2. The molecular formula is C14H23NO5S. The zero-order valence-electron chi connectivity index (χ0n) is 13.0. The Bertz CT molecular complexity index is 544. The van der Waals surface area contributed by atoms with Crippen molar-refractivity contribution in [2.24, 2.45) is 0 Å². The molecule has 0 heterocycles. The molecule has 0 saturated carbocycles. The van der Waals surface area contributed by atoms with Crippen molar-refractivity contribution < 1.29 is 22.1 Å². The van der Waals surface area contributed by atoms with Crippen LogP contribution >= 0.6 is 0 Å². The van der Waals surface area contributed by atoms with Crippen LogP contribution in [-0.4, -0.2) is 38.0 Å². The summed E-state index contributed by atoms with van der Waals surface area (Å²) >= 11 is 0. The van der Waals surface area contributed by atoms with Gasteiger partial charge in [0, 0.05) is 0 Å². The fraction of sp³-hybridized carbons (Fsp3) is 0.643. The van der Waals surface area contributed by atoms with E-state index in [0.29, 0.717) is 6.42 Å². The van der Waals surface area contributed by atoms with Gasteiger partial charge in [-0.25, -0.2) is 4.79 Å². The van der Waals surface area contributed by atoms with Gasteiger partial charge in [0.15, 0.2) is 0 Å².